The first-order valence-corrected chi connectivity index (χ1v) is 25.0. The molecule has 2 aliphatic heterocycles. The van der Waals surface area contributed by atoms with Crippen molar-refractivity contribution < 1.29 is 0 Å². The van der Waals surface area contributed by atoms with Crippen molar-refractivity contribution in [2.24, 2.45) is 5.92 Å². The van der Waals surface area contributed by atoms with E-state index in [2.05, 4.69) is 236 Å². The highest BCUT2D eigenvalue weighted by molar-refractivity contribution is 8.34. The second-order valence-corrected chi connectivity index (χ2v) is 20.9. The molecule has 0 aromatic heterocycles. The summed E-state index contributed by atoms with van der Waals surface area (Å²) >= 11 is 0. The summed E-state index contributed by atoms with van der Waals surface area (Å²) in [6.45, 7) is 8.54. The Morgan fingerprint density at radius 3 is 1.63 bits per heavy atom. The zero-order valence-electron chi connectivity index (χ0n) is 37.4. The van der Waals surface area contributed by atoms with Crippen molar-refractivity contribution in [2.45, 2.75) is 59.6 Å². The molecule has 0 bridgehead atoms. The molecule has 2 atom stereocenters. The molecule has 1 saturated carbocycles. The third-order valence-electron chi connectivity index (χ3n) is 14.1. The molecule has 65 heavy (non-hydrogen) atoms. The van der Waals surface area contributed by atoms with Gasteiger partial charge in [0.15, 0.2) is 0 Å². The summed E-state index contributed by atoms with van der Waals surface area (Å²) in [5.74, 6) is 1.01. The molecule has 9 aromatic rings. The van der Waals surface area contributed by atoms with Crippen molar-refractivity contribution in [3.8, 4) is 0 Å². The summed E-state index contributed by atoms with van der Waals surface area (Å²) < 4.78 is 0. The van der Waals surface area contributed by atoms with E-state index in [0.717, 1.165) is 0 Å². The van der Waals surface area contributed by atoms with Crippen LogP contribution in [0.4, 0.5) is 28.4 Å². The average Bonchev–Trinajstić information content (AvgIpc) is 4.17. The van der Waals surface area contributed by atoms with Crippen molar-refractivity contribution in [2.75, 3.05) is 9.80 Å². The fourth-order valence-electron chi connectivity index (χ4n) is 11.5. The highest BCUT2D eigenvalue weighted by atomic mass is 32.3. The van der Waals surface area contributed by atoms with Crippen LogP contribution in [0.25, 0.3) is 16.5 Å². The Bertz CT molecular complexity index is 3230. The molecule has 0 spiro atoms. The van der Waals surface area contributed by atoms with Gasteiger partial charge in [-0.3, -0.25) is 0 Å². The second-order valence-electron chi connectivity index (χ2n) is 17.8. The van der Waals surface area contributed by atoms with Crippen molar-refractivity contribution in [1.29, 1.82) is 0 Å². The average molecular weight is 855 g/mol. The molecule has 2 unspecified atom stereocenters. The molecule has 0 saturated heterocycles. The van der Waals surface area contributed by atoms with E-state index in [1.807, 2.05) is 13.8 Å². The van der Waals surface area contributed by atoms with Crippen molar-refractivity contribution in [3.05, 3.63) is 240 Å². The van der Waals surface area contributed by atoms with Crippen LogP contribution in [-0.2, 0) is 0 Å². The summed E-state index contributed by atoms with van der Waals surface area (Å²) in [4.78, 5) is 10.6. The Kier molecular flexibility index (Phi) is 9.50. The Hall–Kier alpha value is -7.01. The lowest BCUT2D eigenvalue weighted by atomic mass is 9.31. The zero-order chi connectivity index (χ0) is 43.8. The van der Waals surface area contributed by atoms with E-state index in [-0.39, 0.29) is 6.71 Å². The SMILES string of the molecule is CC.Cc1cccc(N2C3=C(B4c5ccc6ccccc6c5N(c5cccc(C)c5)c5cc(S(c6ccccc6)(c6ccccc6)c6ccccc6)cc2c54)C2CC2c2ccccc23)c1. The van der Waals surface area contributed by atoms with Gasteiger partial charge in [0, 0.05) is 64.7 Å². The predicted molar refractivity (Wildman–Crippen MR) is 277 cm³/mol. The van der Waals surface area contributed by atoms with Gasteiger partial charge in [0.05, 0.1) is 0 Å². The normalized spacial score (nSPS) is 16.6. The fraction of sp³-hybridized carbons (Fsp3) is 0.115. The fourth-order valence-corrected chi connectivity index (χ4v) is 15.4. The van der Waals surface area contributed by atoms with Gasteiger partial charge in [-0.05, 0) is 138 Å². The minimum Gasteiger partial charge on any atom is -0.311 e. The maximum atomic E-state index is 2.69. The smallest absolute Gasteiger partial charge is 0.247 e. The summed E-state index contributed by atoms with van der Waals surface area (Å²) in [6.07, 6.45) is 1.19. The molecule has 9 aromatic carbocycles. The van der Waals surface area contributed by atoms with Crippen molar-refractivity contribution in [1.82, 2.24) is 0 Å². The summed E-state index contributed by atoms with van der Waals surface area (Å²) in [5, 5.41) is 2.55. The number of hydrogen-bond donors (Lipinski definition) is 0. The maximum Gasteiger partial charge on any atom is 0.247 e. The van der Waals surface area contributed by atoms with Gasteiger partial charge < -0.3 is 9.80 Å². The van der Waals surface area contributed by atoms with Crippen LogP contribution < -0.4 is 20.7 Å². The van der Waals surface area contributed by atoms with Gasteiger partial charge in [0.1, 0.15) is 0 Å². The molecule has 0 radical (unpaired) electrons. The number of allylic oxidation sites excluding steroid dienone is 1. The zero-order valence-corrected chi connectivity index (χ0v) is 38.3. The van der Waals surface area contributed by atoms with Gasteiger partial charge in [-0.1, -0.05) is 159 Å². The Labute approximate surface area is 385 Å². The van der Waals surface area contributed by atoms with Gasteiger partial charge in [0.2, 0.25) is 6.71 Å². The highest BCUT2D eigenvalue weighted by Gasteiger charge is 2.56. The topological polar surface area (TPSA) is 6.48 Å². The maximum absolute atomic E-state index is 2.69. The molecular formula is C61H51BN2S. The summed E-state index contributed by atoms with van der Waals surface area (Å²) in [7, 11) is -2.08. The van der Waals surface area contributed by atoms with Gasteiger partial charge >= 0.3 is 0 Å². The van der Waals surface area contributed by atoms with Gasteiger partial charge in [-0.25, -0.2) is 0 Å². The number of nitrogens with zero attached hydrogens (tertiary/aromatic N) is 2. The van der Waals surface area contributed by atoms with E-state index in [0.29, 0.717) is 11.8 Å². The quantitative estimate of drug-likeness (QED) is 0.154. The van der Waals surface area contributed by atoms with Crippen LogP contribution in [0, 0.1) is 19.8 Å². The lowest BCUT2D eigenvalue weighted by Crippen LogP contribution is -2.56. The number of benzene rings is 9. The minimum absolute atomic E-state index is 0.0821. The van der Waals surface area contributed by atoms with Crippen LogP contribution >= 0.6 is 10.0 Å². The molecule has 2 heterocycles. The molecule has 4 aliphatic rings. The van der Waals surface area contributed by atoms with E-state index in [1.165, 1.54) is 104 Å². The Morgan fingerprint density at radius 2 is 1.02 bits per heavy atom. The second kappa shape index (κ2) is 15.6. The van der Waals surface area contributed by atoms with E-state index in [1.54, 1.807) is 5.47 Å². The van der Waals surface area contributed by atoms with Crippen LogP contribution in [0.2, 0.25) is 0 Å². The third-order valence-corrected chi connectivity index (χ3v) is 18.0. The monoisotopic (exact) mass is 854 g/mol. The summed E-state index contributed by atoms with van der Waals surface area (Å²) in [6, 6.07) is 80.9. The number of fused-ring (bicyclic) bond motifs is 10. The minimum atomic E-state index is -2.08. The standard InChI is InChI=1S/C59H45BN2S.C2H6/c1-39-18-16-21-42(34-39)61-54-36-47(63(44-23-6-3-7-24-44,45-25-8-4-9-26-45)46-27-10-5-11-28-46)37-55-57(54)60(53-33-32-41-20-12-13-29-48(41)58(53)61)56-52-38-51(52)49-30-14-15-31-50(49)59(56)62(55)43-22-17-19-40(2)35-43;1-2/h3-37,51-52H,38H2,1-2H3;1-2H3. The van der Waals surface area contributed by atoms with Crippen LogP contribution in [-0.4, -0.2) is 6.71 Å². The molecule has 4 heteroatoms. The first-order chi connectivity index (χ1) is 32.1. The first-order valence-electron chi connectivity index (χ1n) is 23.3. The molecule has 2 nitrogen and oxygen atoms in total. The Morgan fingerprint density at radius 1 is 0.477 bits per heavy atom. The molecular weight excluding hydrogens is 804 g/mol. The Balaban J connectivity index is 0.00000219. The van der Waals surface area contributed by atoms with E-state index < -0.39 is 10.0 Å². The first kappa shape index (κ1) is 39.6. The number of hydrogen-bond acceptors (Lipinski definition) is 2. The van der Waals surface area contributed by atoms with Crippen LogP contribution in [0.3, 0.4) is 0 Å². The predicted octanol–water partition coefficient (Wildman–Crippen LogP) is 15.4. The third kappa shape index (κ3) is 5.96. The molecule has 314 valence electrons. The molecule has 1 fully saturated rings. The summed E-state index contributed by atoms with van der Waals surface area (Å²) in [5.41, 5.74) is 17.3. The van der Waals surface area contributed by atoms with Crippen LogP contribution in [0.1, 0.15) is 48.4 Å². The lowest BCUT2D eigenvalue weighted by molar-refractivity contribution is 0.950. The van der Waals surface area contributed by atoms with Crippen molar-refractivity contribution >= 4 is 72.6 Å². The van der Waals surface area contributed by atoms with E-state index in [9.17, 15) is 0 Å². The lowest BCUT2D eigenvalue weighted by Gasteiger charge is -2.49. The molecule has 2 aliphatic carbocycles. The largest absolute Gasteiger partial charge is 0.311 e. The van der Waals surface area contributed by atoms with E-state index in [4.69, 9.17) is 0 Å². The molecule has 0 amide bonds. The molecule has 0 N–H and O–H groups in total. The van der Waals surface area contributed by atoms with Crippen molar-refractivity contribution in [3.63, 3.8) is 0 Å². The van der Waals surface area contributed by atoms with Gasteiger partial charge in [-0.15, -0.1) is 10.0 Å². The van der Waals surface area contributed by atoms with E-state index >= 15 is 0 Å². The number of rotatable bonds is 6. The van der Waals surface area contributed by atoms with Crippen LogP contribution in [0.5, 0.6) is 0 Å². The van der Waals surface area contributed by atoms with Crippen LogP contribution in [0.15, 0.2) is 237 Å². The molecule has 13 rings (SSSR count). The highest BCUT2D eigenvalue weighted by Crippen LogP contribution is 2.74. The van der Waals surface area contributed by atoms with Gasteiger partial charge in [0.25, 0.3) is 0 Å². The number of aryl methyl sites for hydroxylation is 2. The van der Waals surface area contributed by atoms with Gasteiger partial charge in [-0.2, -0.15) is 0 Å². The number of anilines is 5.